The van der Waals surface area contributed by atoms with Gasteiger partial charge in [-0.2, -0.15) is 13.2 Å². The van der Waals surface area contributed by atoms with Crippen LogP contribution in [0.15, 0.2) is 30.5 Å². The average molecular weight is 493 g/mol. The SMILES string of the molecule is CN(C)[C@]1(c2cccc(F)c2)CC[C@]2(CC1)CN(c1cnc(C(F)(F)F)nc1N1CCC1)C(=O)N2. The van der Waals surface area contributed by atoms with E-state index in [1.165, 1.54) is 11.0 Å². The summed E-state index contributed by atoms with van der Waals surface area (Å²) in [7, 11) is 3.95. The monoisotopic (exact) mass is 492 g/mol. The van der Waals surface area contributed by atoms with Crippen LogP contribution in [-0.2, 0) is 11.7 Å². The lowest BCUT2D eigenvalue weighted by Crippen LogP contribution is -2.54. The number of alkyl halides is 3. The Morgan fingerprint density at radius 1 is 1.11 bits per heavy atom. The molecule has 0 bridgehead atoms. The van der Waals surface area contributed by atoms with E-state index in [9.17, 15) is 22.4 Å². The van der Waals surface area contributed by atoms with Crippen molar-refractivity contribution >= 4 is 17.5 Å². The molecule has 188 valence electrons. The first-order chi connectivity index (χ1) is 16.5. The third-order valence-electron chi connectivity index (χ3n) is 7.78. The number of anilines is 2. The number of carbonyl (C=O) groups is 1. The Kier molecular flexibility index (Phi) is 5.65. The van der Waals surface area contributed by atoms with Gasteiger partial charge < -0.3 is 10.2 Å². The van der Waals surface area contributed by atoms with Crippen molar-refractivity contribution in [1.29, 1.82) is 0 Å². The number of halogens is 4. The van der Waals surface area contributed by atoms with E-state index in [0.29, 0.717) is 51.0 Å². The molecule has 1 N–H and O–H groups in total. The van der Waals surface area contributed by atoms with Gasteiger partial charge in [-0.3, -0.25) is 9.80 Å². The molecule has 1 aromatic heterocycles. The molecule has 0 unspecified atom stereocenters. The van der Waals surface area contributed by atoms with Gasteiger partial charge >= 0.3 is 12.2 Å². The van der Waals surface area contributed by atoms with Crippen LogP contribution in [0.5, 0.6) is 0 Å². The third kappa shape index (κ3) is 4.09. The summed E-state index contributed by atoms with van der Waals surface area (Å²) >= 11 is 0. The van der Waals surface area contributed by atoms with Crippen molar-refractivity contribution in [2.45, 2.75) is 49.4 Å². The van der Waals surface area contributed by atoms with Crippen LogP contribution < -0.4 is 15.1 Å². The molecule has 3 fully saturated rings. The Bertz CT molecular complexity index is 1130. The van der Waals surface area contributed by atoms with Crippen LogP contribution in [0, 0.1) is 5.82 Å². The Labute approximate surface area is 201 Å². The first kappa shape index (κ1) is 23.8. The normalized spacial score (nSPS) is 26.9. The van der Waals surface area contributed by atoms with E-state index in [1.54, 1.807) is 17.0 Å². The smallest absolute Gasteiger partial charge is 0.355 e. The van der Waals surface area contributed by atoms with E-state index >= 15 is 0 Å². The maximum atomic E-state index is 14.0. The van der Waals surface area contributed by atoms with Crippen molar-refractivity contribution in [3.63, 3.8) is 0 Å². The minimum atomic E-state index is -4.66. The van der Waals surface area contributed by atoms with Crippen molar-refractivity contribution in [3.8, 4) is 0 Å². The highest BCUT2D eigenvalue weighted by Crippen LogP contribution is 2.47. The fourth-order valence-corrected chi connectivity index (χ4v) is 5.55. The van der Waals surface area contributed by atoms with Crippen LogP contribution in [0.1, 0.15) is 43.5 Å². The molecule has 2 aromatic rings. The molecule has 2 aliphatic heterocycles. The summed E-state index contributed by atoms with van der Waals surface area (Å²) in [6, 6.07) is 6.27. The van der Waals surface area contributed by atoms with Gasteiger partial charge in [0.15, 0.2) is 5.82 Å². The van der Waals surface area contributed by atoms with Gasteiger partial charge in [-0.05, 0) is 63.9 Å². The first-order valence-corrected chi connectivity index (χ1v) is 11.8. The highest BCUT2D eigenvalue weighted by molar-refractivity contribution is 5.98. The van der Waals surface area contributed by atoms with Gasteiger partial charge in [0.05, 0.1) is 18.3 Å². The molecule has 1 aromatic carbocycles. The second-order valence-corrected chi connectivity index (χ2v) is 9.97. The van der Waals surface area contributed by atoms with Gasteiger partial charge in [0.25, 0.3) is 0 Å². The van der Waals surface area contributed by atoms with Gasteiger partial charge in [-0.1, -0.05) is 12.1 Å². The molecule has 5 rings (SSSR count). The highest BCUT2D eigenvalue weighted by atomic mass is 19.4. The van der Waals surface area contributed by atoms with Crippen molar-refractivity contribution in [2.75, 3.05) is 43.5 Å². The lowest BCUT2D eigenvalue weighted by atomic mass is 9.69. The minimum Gasteiger partial charge on any atom is -0.355 e. The molecule has 1 aliphatic carbocycles. The number of aromatic nitrogens is 2. The van der Waals surface area contributed by atoms with E-state index in [1.807, 2.05) is 20.2 Å². The maximum Gasteiger partial charge on any atom is 0.451 e. The van der Waals surface area contributed by atoms with Gasteiger partial charge in [0.1, 0.15) is 11.5 Å². The summed E-state index contributed by atoms with van der Waals surface area (Å²) in [5, 5.41) is 3.10. The molecular formula is C24H28F4N6O. The molecule has 3 heterocycles. The summed E-state index contributed by atoms with van der Waals surface area (Å²) in [6.07, 6.45) is -0.0209. The summed E-state index contributed by atoms with van der Waals surface area (Å²) in [4.78, 5) is 25.7. The first-order valence-electron chi connectivity index (χ1n) is 11.8. The number of urea groups is 1. The fraction of sp³-hybridized carbons (Fsp3) is 0.542. The van der Waals surface area contributed by atoms with Crippen LogP contribution in [-0.4, -0.2) is 60.2 Å². The molecule has 1 spiro atoms. The zero-order chi connectivity index (χ0) is 25.0. The third-order valence-corrected chi connectivity index (χ3v) is 7.78. The number of rotatable bonds is 4. The molecule has 2 amide bonds. The van der Waals surface area contributed by atoms with E-state index in [2.05, 4.69) is 20.2 Å². The number of nitrogens with one attached hydrogen (secondary N) is 1. The van der Waals surface area contributed by atoms with Gasteiger partial charge in [-0.15, -0.1) is 0 Å². The lowest BCUT2D eigenvalue weighted by molar-refractivity contribution is -0.144. The zero-order valence-electron chi connectivity index (χ0n) is 19.7. The van der Waals surface area contributed by atoms with Crippen LogP contribution >= 0.6 is 0 Å². The zero-order valence-corrected chi connectivity index (χ0v) is 19.7. The molecule has 2 saturated heterocycles. The standard InChI is InChI=1S/C24H28F4N6O/c1-32(2)23(16-5-3-6-17(25)13-16)9-7-22(8-10-23)15-34(21(35)31-22)18-14-29-20(24(26,27)28)30-19(18)33-11-4-12-33/h3,5-6,13-14H,4,7-12,15H2,1-2H3,(H,31,35)/t22-,23+. The fourth-order valence-electron chi connectivity index (χ4n) is 5.55. The molecule has 7 nitrogen and oxygen atoms in total. The van der Waals surface area contributed by atoms with Crippen molar-refractivity contribution < 1.29 is 22.4 Å². The number of hydrogen-bond donors (Lipinski definition) is 1. The number of amides is 2. The van der Waals surface area contributed by atoms with Crippen LogP contribution in [0.3, 0.4) is 0 Å². The second-order valence-electron chi connectivity index (χ2n) is 9.97. The van der Waals surface area contributed by atoms with Crippen molar-refractivity contribution in [1.82, 2.24) is 20.2 Å². The Morgan fingerprint density at radius 3 is 2.40 bits per heavy atom. The van der Waals surface area contributed by atoms with Crippen LogP contribution in [0.25, 0.3) is 0 Å². The van der Waals surface area contributed by atoms with Crippen molar-refractivity contribution in [2.24, 2.45) is 0 Å². The molecule has 1 saturated carbocycles. The Balaban J connectivity index is 1.41. The number of benzene rings is 1. The molecule has 35 heavy (non-hydrogen) atoms. The quantitative estimate of drug-likeness (QED) is 0.650. The van der Waals surface area contributed by atoms with Crippen LogP contribution in [0.4, 0.5) is 33.9 Å². The lowest BCUT2D eigenvalue weighted by Gasteiger charge is -2.48. The molecule has 0 atom stereocenters. The van der Waals surface area contributed by atoms with Crippen LogP contribution in [0.2, 0.25) is 0 Å². The van der Waals surface area contributed by atoms with E-state index in [4.69, 9.17) is 0 Å². The predicted molar refractivity (Wildman–Crippen MR) is 123 cm³/mol. The van der Waals surface area contributed by atoms with Gasteiger partial charge in [0.2, 0.25) is 5.82 Å². The second kappa shape index (κ2) is 8.32. The average Bonchev–Trinajstić information content (AvgIpc) is 3.08. The minimum absolute atomic E-state index is 0.143. The Hall–Kier alpha value is -2.95. The topological polar surface area (TPSA) is 64.6 Å². The summed E-state index contributed by atoms with van der Waals surface area (Å²) in [6.45, 7) is 1.48. The van der Waals surface area contributed by atoms with Gasteiger partial charge in [-0.25, -0.2) is 19.2 Å². The molecule has 3 aliphatic rings. The van der Waals surface area contributed by atoms with E-state index < -0.39 is 17.5 Å². The molecule has 11 heteroatoms. The number of nitrogens with zero attached hydrogens (tertiary/aromatic N) is 5. The van der Waals surface area contributed by atoms with Gasteiger partial charge in [0, 0.05) is 18.6 Å². The number of carbonyl (C=O) groups excluding carboxylic acids is 1. The Morgan fingerprint density at radius 2 is 1.83 bits per heavy atom. The summed E-state index contributed by atoms with van der Waals surface area (Å²) in [5.74, 6) is -1.35. The van der Waals surface area contributed by atoms with Crippen molar-refractivity contribution in [3.05, 3.63) is 47.7 Å². The maximum absolute atomic E-state index is 14.0. The molecule has 0 radical (unpaired) electrons. The molecular weight excluding hydrogens is 464 g/mol. The summed E-state index contributed by atoms with van der Waals surface area (Å²) < 4.78 is 53.8. The highest BCUT2D eigenvalue weighted by Gasteiger charge is 2.51. The summed E-state index contributed by atoms with van der Waals surface area (Å²) in [5.41, 5.74) is 0.293. The number of hydrogen-bond acceptors (Lipinski definition) is 5. The predicted octanol–water partition coefficient (Wildman–Crippen LogP) is 4.14. The van der Waals surface area contributed by atoms with E-state index in [0.717, 1.165) is 18.2 Å². The van der Waals surface area contributed by atoms with E-state index in [-0.39, 0.29) is 23.2 Å². The largest absolute Gasteiger partial charge is 0.451 e.